The second kappa shape index (κ2) is 9.85. The number of hydrogen-bond donors (Lipinski definition) is 2. The largest absolute Gasteiger partial charge is 0.490 e. The number of alkyl halides is 3. The van der Waals surface area contributed by atoms with Gasteiger partial charge in [0.25, 0.3) is 0 Å². The van der Waals surface area contributed by atoms with Gasteiger partial charge in [-0.25, -0.2) is 0 Å². The number of nitrogens with one attached hydrogen (secondary N) is 2. The average Bonchev–Trinajstić information content (AvgIpc) is 2.70. The van der Waals surface area contributed by atoms with E-state index in [0.29, 0.717) is 6.54 Å². The second-order valence-electron chi connectivity index (χ2n) is 7.26. The first-order chi connectivity index (χ1) is 14.2. The number of halogens is 4. The molecule has 0 radical (unpaired) electrons. The lowest BCUT2D eigenvalue weighted by molar-refractivity contribution is -0.137. The fourth-order valence-corrected chi connectivity index (χ4v) is 3.57. The maximum atomic E-state index is 13.0. The molecule has 0 aliphatic carbocycles. The van der Waals surface area contributed by atoms with Gasteiger partial charge < -0.3 is 20.3 Å². The van der Waals surface area contributed by atoms with Crippen molar-refractivity contribution >= 4 is 34.6 Å². The van der Waals surface area contributed by atoms with Crippen LogP contribution in [0.4, 0.5) is 18.9 Å². The van der Waals surface area contributed by atoms with Crippen molar-refractivity contribution in [2.24, 2.45) is 0 Å². The van der Waals surface area contributed by atoms with Gasteiger partial charge in [0.2, 0.25) is 0 Å². The molecule has 1 heterocycles. The van der Waals surface area contributed by atoms with Crippen LogP contribution >= 0.6 is 23.8 Å². The standard InChI is InChI=1S/C21H23ClF3N3OS/c1-28-10-8-17(9-11-28)29-16-5-2-14(3-6-16)13-26-20(30)27-15-4-7-19(22)18(12-15)21(23,24)25/h2-7,12,17H,8-11,13H2,1H3,(H2,26,27,30). The summed E-state index contributed by atoms with van der Waals surface area (Å²) in [6.45, 7) is 2.50. The van der Waals surface area contributed by atoms with Crippen molar-refractivity contribution in [1.82, 2.24) is 10.2 Å². The number of anilines is 1. The third-order valence-corrected chi connectivity index (χ3v) is 5.45. The summed E-state index contributed by atoms with van der Waals surface area (Å²) in [7, 11) is 2.11. The summed E-state index contributed by atoms with van der Waals surface area (Å²) in [5.74, 6) is 0.829. The summed E-state index contributed by atoms with van der Waals surface area (Å²) in [5.41, 5.74) is 0.283. The van der Waals surface area contributed by atoms with E-state index < -0.39 is 11.7 Å². The maximum Gasteiger partial charge on any atom is 0.417 e. The predicted molar refractivity (Wildman–Crippen MR) is 117 cm³/mol. The molecule has 30 heavy (non-hydrogen) atoms. The molecule has 0 saturated carbocycles. The van der Waals surface area contributed by atoms with Crippen LogP contribution in [-0.4, -0.2) is 36.3 Å². The van der Waals surface area contributed by atoms with E-state index >= 15 is 0 Å². The van der Waals surface area contributed by atoms with Crippen molar-refractivity contribution in [3.63, 3.8) is 0 Å². The lowest BCUT2D eigenvalue weighted by Gasteiger charge is -2.29. The van der Waals surface area contributed by atoms with Gasteiger partial charge in [-0.3, -0.25) is 0 Å². The van der Waals surface area contributed by atoms with Crippen LogP contribution in [0.25, 0.3) is 0 Å². The van der Waals surface area contributed by atoms with Gasteiger partial charge in [-0.1, -0.05) is 23.7 Å². The van der Waals surface area contributed by atoms with Gasteiger partial charge in [0.15, 0.2) is 5.11 Å². The molecule has 2 aromatic carbocycles. The molecule has 0 spiro atoms. The minimum atomic E-state index is -4.53. The molecule has 0 bridgehead atoms. The molecule has 2 N–H and O–H groups in total. The maximum absolute atomic E-state index is 13.0. The Hall–Kier alpha value is -2.03. The van der Waals surface area contributed by atoms with Gasteiger partial charge in [0.05, 0.1) is 10.6 Å². The van der Waals surface area contributed by atoms with Crippen molar-refractivity contribution in [3.05, 3.63) is 58.6 Å². The van der Waals surface area contributed by atoms with E-state index in [1.807, 2.05) is 24.3 Å². The minimum Gasteiger partial charge on any atom is -0.490 e. The number of thiocarbonyl (C=S) groups is 1. The first-order valence-corrected chi connectivity index (χ1v) is 10.3. The third-order valence-electron chi connectivity index (χ3n) is 4.87. The molecule has 0 unspecified atom stereocenters. The summed E-state index contributed by atoms with van der Waals surface area (Å²) in [5, 5.41) is 5.61. The van der Waals surface area contributed by atoms with Crippen LogP contribution in [0.2, 0.25) is 5.02 Å². The van der Waals surface area contributed by atoms with Crippen molar-refractivity contribution in [2.45, 2.75) is 31.7 Å². The number of rotatable bonds is 5. The highest BCUT2D eigenvalue weighted by molar-refractivity contribution is 7.80. The molecule has 3 rings (SSSR count). The number of benzene rings is 2. The molecule has 4 nitrogen and oxygen atoms in total. The van der Waals surface area contributed by atoms with Crippen molar-refractivity contribution in [2.75, 3.05) is 25.5 Å². The first-order valence-electron chi connectivity index (χ1n) is 9.56. The summed E-state index contributed by atoms with van der Waals surface area (Å²) < 4.78 is 44.9. The van der Waals surface area contributed by atoms with Crippen molar-refractivity contribution in [1.29, 1.82) is 0 Å². The minimum absolute atomic E-state index is 0.214. The quantitative estimate of drug-likeness (QED) is 0.594. The highest BCUT2D eigenvalue weighted by Crippen LogP contribution is 2.36. The smallest absolute Gasteiger partial charge is 0.417 e. The van der Waals surface area contributed by atoms with E-state index in [1.165, 1.54) is 12.1 Å². The first kappa shape index (κ1) is 22.7. The Labute approximate surface area is 184 Å². The number of piperidine rings is 1. The molecule has 2 aromatic rings. The number of ether oxygens (including phenoxy) is 1. The average molecular weight is 458 g/mol. The second-order valence-corrected chi connectivity index (χ2v) is 8.08. The lowest BCUT2D eigenvalue weighted by atomic mass is 10.1. The number of hydrogen-bond acceptors (Lipinski definition) is 3. The Morgan fingerprint density at radius 1 is 1.17 bits per heavy atom. The molecule has 162 valence electrons. The lowest BCUT2D eigenvalue weighted by Crippen LogP contribution is -2.35. The molecule has 9 heteroatoms. The third kappa shape index (κ3) is 6.48. The van der Waals surface area contributed by atoms with Gasteiger partial charge in [0, 0.05) is 25.3 Å². The fourth-order valence-electron chi connectivity index (χ4n) is 3.16. The van der Waals surface area contributed by atoms with Crippen molar-refractivity contribution in [3.8, 4) is 5.75 Å². The summed E-state index contributed by atoms with van der Waals surface area (Å²) in [4.78, 5) is 2.29. The Morgan fingerprint density at radius 3 is 2.47 bits per heavy atom. The molecule has 0 amide bonds. The summed E-state index contributed by atoms with van der Waals surface area (Å²) in [6, 6.07) is 11.3. The zero-order chi connectivity index (χ0) is 21.7. The molecule has 1 aliphatic rings. The van der Waals surface area contributed by atoms with Crippen LogP contribution in [0, 0.1) is 0 Å². The monoisotopic (exact) mass is 457 g/mol. The fraction of sp³-hybridized carbons (Fsp3) is 0.381. The molecule has 1 fully saturated rings. The molecule has 1 aliphatic heterocycles. The Balaban J connectivity index is 1.49. The van der Waals surface area contributed by atoms with Crippen LogP contribution in [0.3, 0.4) is 0 Å². The SMILES string of the molecule is CN1CCC(Oc2ccc(CNC(=S)Nc3ccc(Cl)c(C(F)(F)F)c3)cc2)CC1. The molecular formula is C21H23ClF3N3OS. The number of likely N-dealkylation sites (tertiary alicyclic amines) is 1. The predicted octanol–water partition coefficient (Wildman–Crippen LogP) is 5.32. The molecular weight excluding hydrogens is 435 g/mol. The Morgan fingerprint density at radius 2 is 1.83 bits per heavy atom. The summed E-state index contributed by atoms with van der Waals surface area (Å²) in [6.07, 6.45) is -2.26. The van der Waals surface area contributed by atoms with E-state index in [0.717, 1.165) is 43.3 Å². The zero-order valence-electron chi connectivity index (χ0n) is 16.4. The van der Waals surface area contributed by atoms with Gasteiger partial charge in [-0.15, -0.1) is 0 Å². The van der Waals surface area contributed by atoms with Gasteiger partial charge in [-0.2, -0.15) is 13.2 Å². The van der Waals surface area contributed by atoms with E-state index in [9.17, 15) is 13.2 Å². The normalized spacial score (nSPS) is 15.6. The van der Waals surface area contributed by atoms with Crippen LogP contribution in [0.1, 0.15) is 24.0 Å². The Bertz CT molecular complexity index is 869. The van der Waals surface area contributed by atoms with E-state index in [1.54, 1.807) is 0 Å². The highest BCUT2D eigenvalue weighted by atomic mass is 35.5. The Kier molecular flexibility index (Phi) is 7.44. The van der Waals surface area contributed by atoms with Crippen LogP contribution < -0.4 is 15.4 Å². The molecule has 0 atom stereocenters. The van der Waals surface area contributed by atoms with Gasteiger partial charge in [-0.05, 0) is 68.0 Å². The van der Waals surface area contributed by atoms with Crippen LogP contribution in [0.15, 0.2) is 42.5 Å². The topological polar surface area (TPSA) is 36.5 Å². The van der Waals surface area contributed by atoms with E-state index in [-0.39, 0.29) is 21.9 Å². The van der Waals surface area contributed by atoms with E-state index in [4.69, 9.17) is 28.6 Å². The van der Waals surface area contributed by atoms with Crippen molar-refractivity contribution < 1.29 is 17.9 Å². The molecule has 1 saturated heterocycles. The van der Waals surface area contributed by atoms with Crippen LogP contribution in [-0.2, 0) is 12.7 Å². The van der Waals surface area contributed by atoms with Crippen LogP contribution in [0.5, 0.6) is 5.75 Å². The zero-order valence-corrected chi connectivity index (χ0v) is 18.0. The number of nitrogens with zero attached hydrogens (tertiary/aromatic N) is 1. The van der Waals surface area contributed by atoms with Gasteiger partial charge >= 0.3 is 6.18 Å². The van der Waals surface area contributed by atoms with E-state index in [2.05, 4.69) is 22.6 Å². The molecule has 0 aromatic heterocycles. The summed E-state index contributed by atoms with van der Waals surface area (Å²) >= 11 is 10.8. The highest BCUT2D eigenvalue weighted by Gasteiger charge is 2.33. The van der Waals surface area contributed by atoms with Gasteiger partial charge in [0.1, 0.15) is 11.9 Å².